The van der Waals surface area contributed by atoms with E-state index in [2.05, 4.69) is 32.1 Å². The number of fused-ring (bicyclic) bond motifs is 1. The van der Waals surface area contributed by atoms with Crippen molar-refractivity contribution in [3.05, 3.63) is 91.3 Å². The highest BCUT2D eigenvalue weighted by atomic mass is 16.5. The van der Waals surface area contributed by atoms with Gasteiger partial charge in [0.25, 0.3) is 5.91 Å². The lowest BCUT2D eigenvalue weighted by Gasteiger charge is -2.17. The Labute approximate surface area is 232 Å². The van der Waals surface area contributed by atoms with Gasteiger partial charge in [-0.1, -0.05) is 12.6 Å². The summed E-state index contributed by atoms with van der Waals surface area (Å²) in [7, 11) is 0. The highest BCUT2D eigenvalue weighted by molar-refractivity contribution is 6.04. The summed E-state index contributed by atoms with van der Waals surface area (Å²) in [6.45, 7) is 7.35. The van der Waals surface area contributed by atoms with E-state index in [1.165, 1.54) is 18.9 Å². The van der Waals surface area contributed by atoms with Crippen LogP contribution < -0.4 is 20.1 Å². The van der Waals surface area contributed by atoms with Crippen molar-refractivity contribution in [3.63, 3.8) is 0 Å². The van der Waals surface area contributed by atoms with Crippen molar-refractivity contribution in [2.75, 3.05) is 36.9 Å². The predicted molar refractivity (Wildman–Crippen MR) is 155 cm³/mol. The topological polar surface area (TPSA) is 106 Å². The largest absolute Gasteiger partial charge is 0.491 e. The van der Waals surface area contributed by atoms with Gasteiger partial charge in [-0.25, -0.2) is 4.98 Å². The van der Waals surface area contributed by atoms with Crippen LogP contribution in [-0.4, -0.2) is 52.9 Å². The molecule has 2 aromatic heterocycles. The minimum Gasteiger partial charge on any atom is -0.491 e. The molecule has 2 N–H and O–H groups in total. The van der Waals surface area contributed by atoms with Gasteiger partial charge in [-0.05, 0) is 87.0 Å². The standard InChI is InChI=1S/C31H31N5O4/c1-2-30(37)34-26-20-24-25(21-28(26)39-19-7-18-36-16-5-6-17-36)32-15-13-27(24)40-23-11-9-22(10-12-23)31(38)35-29-8-3-4-14-33-29/h2-4,8-15,20-21H,1,5-7,16-19H2,(H,34,37)(H,33,35,38). The molecule has 0 unspecified atom stereocenters. The van der Waals surface area contributed by atoms with Crippen LogP contribution in [0.4, 0.5) is 11.5 Å². The van der Waals surface area contributed by atoms with Crippen LogP contribution in [0.2, 0.25) is 0 Å². The molecule has 5 rings (SSSR count). The van der Waals surface area contributed by atoms with Crippen molar-refractivity contribution in [1.29, 1.82) is 0 Å². The van der Waals surface area contributed by atoms with E-state index < -0.39 is 0 Å². The molecular weight excluding hydrogens is 506 g/mol. The minimum atomic E-state index is -0.341. The molecule has 0 atom stereocenters. The van der Waals surface area contributed by atoms with Crippen molar-refractivity contribution in [2.24, 2.45) is 0 Å². The van der Waals surface area contributed by atoms with Crippen molar-refractivity contribution in [3.8, 4) is 17.2 Å². The molecule has 1 fully saturated rings. The summed E-state index contributed by atoms with van der Waals surface area (Å²) in [4.78, 5) is 35.8. The number of carbonyl (C=O) groups is 2. The van der Waals surface area contributed by atoms with Crippen LogP contribution in [0.15, 0.2) is 85.7 Å². The highest BCUT2D eigenvalue weighted by Crippen LogP contribution is 2.36. The fraction of sp³-hybridized carbons (Fsp3) is 0.226. The molecule has 4 aromatic rings. The number of aromatic nitrogens is 2. The third kappa shape index (κ3) is 6.81. The van der Waals surface area contributed by atoms with E-state index in [-0.39, 0.29) is 11.8 Å². The molecule has 204 valence electrons. The number of carbonyl (C=O) groups excluding carboxylic acids is 2. The van der Waals surface area contributed by atoms with Crippen LogP contribution in [0.5, 0.6) is 17.2 Å². The Morgan fingerprint density at radius 2 is 1.77 bits per heavy atom. The maximum Gasteiger partial charge on any atom is 0.256 e. The predicted octanol–water partition coefficient (Wildman–Crippen LogP) is 5.66. The number of pyridine rings is 2. The third-order valence-electron chi connectivity index (χ3n) is 6.57. The second-order valence-corrected chi connectivity index (χ2v) is 9.41. The van der Waals surface area contributed by atoms with Gasteiger partial charge in [-0.2, -0.15) is 0 Å². The molecule has 2 aromatic carbocycles. The van der Waals surface area contributed by atoms with E-state index in [1.54, 1.807) is 67.0 Å². The molecule has 1 saturated heterocycles. The second kappa shape index (κ2) is 12.9. The van der Waals surface area contributed by atoms with Gasteiger partial charge in [0.1, 0.15) is 23.1 Å². The van der Waals surface area contributed by atoms with Gasteiger partial charge >= 0.3 is 0 Å². The molecule has 1 aliphatic heterocycles. The van der Waals surface area contributed by atoms with E-state index in [1.807, 2.05) is 6.07 Å². The van der Waals surface area contributed by atoms with E-state index in [0.717, 1.165) is 26.1 Å². The lowest BCUT2D eigenvalue weighted by atomic mass is 10.1. The normalized spacial score (nSPS) is 13.1. The summed E-state index contributed by atoms with van der Waals surface area (Å²) in [6.07, 6.45) is 7.89. The van der Waals surface area contributed by atoms with E-state index >= 15 is 0 Å². The van der Waals surface area contributed by atoms with Crippen LogP contribution in [0.25, 0.3) is 10.9 Å². The summed E-state index contributed by atoms with van der Waals surface area (Å²) < 4.78 is 12.3. The lowest BCUT2D eigenvalue weighted by Crippen LogP contribution is -2.22. The molecule has 0 bridgehead atoms. The van der Waals surface area contributed by atoms with Gasteiger partial charge in [0, 0.05) is 36.0 Å². The maximum absolute atomic E-state index is 12.5. The lowest BCUT2D eigenvalue weighted by molar-refractivity contribution is -0.111. The number of benzene rings is 2. The third-order valence-corrected chi connectivity index (χ3v) is 6.57. The van der Waals surface area contributed by atoms with E-state index in [9.17, 15) is 9.59 Å². The molecule has 0 saturated carbocycles. The molecule has 0 radical (unpaired) electrons. The fourth-order valence-corrected chi connectivity index (χ4v) is 4.54. The summed E-state index contributed by atoms with van der Waals surface area (Å²) >= 11 is 0. The summed E-state index contributed by atoms with van der Waals surface area (Å²) in [5.41, 5.74) is 1.64. The average Bonchev–Trinajstić information content (AvgIpc) is 3.50. The van der Waals surface area contributed by atoms with Crippen LogP contribution in [-0.2, 0) is 4.79 Å². The van der Waals surface area contributed by atoms with E-state index in [0.29, 0.717) is 51.8 Å². The van der Waals surface area contributed by atoms with Crippen molar-refractivity contribution in [1.82, 2.24) is 14.9 Å². The first kappa shape index (κ1) is 26.8. The molecule has 9 nitrogen and oxygen atoms in total. The Balaban J connectivity index is 1.32. The Hall–Kier alpha value is -4.76. The number of amides is 2. The van der Waals surface area contributed by atoms with Gasteiger partial charge < -0.3 is 25.0 Å². The molecular formula is C31H31N5O4. The highest BCUT2D eigenvalue weighted by Gasteiger charge is 2.15. The average molecular weight is 538 g/mol. The number of hydrogen-bond acceptors (Lipinski definition) is 7. The molecule has 0 spiro atoms. The SMILES string of the molecule is C=CC(=O)Nc1cc2c(Oc3ccc(C(=O)Nc4ccccn4)cc3)ccnc2cc1OCCCN1CCCC1. The first-order valence-electron chi connectivity index (χ1n) is 13.3. The zero-order valence-corrected chi connectivity index (χ0v) is 22.1. The smallest absolute Gasteiger partial charge is 0.256 e. The zero-order valence-electron chi connectivity index (χ0n) is 22.1. The van der Waals surface area contributed by atoms with Gasteiger partial charge in [-0.3, -0.25) is 14.6 Å². The number of nitrogens with zero attached hydrogens (tertiary/aromatic N) is 3. The molecule has 3 heterocycles. The monoisotopic (exact) mass is 537 g/mol. The zero-order chi connectivity index (χ0) is 27.7. The molecule has 9 heteroatoms. The second-order valence-electron chi connectivity index (χ2n) is 9.41. The Morgan fingerprint density at radius 3 is 2.52 bits per heavy atom. The number of nitrogens with one attached hydrogen (secondary N) is 2. The molecule has 40 heavy (non-hydrogen) atoms. The Morgan fingerprint density at radius 1 is 0.950 bits per heavy atom. The number of likely N-dealkylation sites (tertiary alicyclic amines) is 1. The van der Waals surface area contributed by atoms with Crippen molar-refractivity contribution < 1.29 is 19.1 Å². The van der Waals surface area contributed by atoms with Crippen LogP contribution in [0, 0.1) is 0 Å². The number of hydrogen-bond donors (Lipinski definition) is 2. The molecule has 0 aliphatic carbocycles. The van der Waals surface area contributed by atoms with Gasteiger partial charge in [0.15, 0.2) is 0 Å². The summed E-state index contributed by atoms with van der Waals surface area (Å²) in [5.74, 6) is 1.50. The van der Waals surface area contributed by atoms with Crippen molar-refractivity contribution >= 4 is 34.2 Å². The summed E-state index contributed by atoms with van der Waals surface area (Å²) in [5, 5.41) is 6.30. The number of ether oxygens (including phenoxy) is 2. The summed E-state index contributed by atoms with van der Waals surface area (Å²) in [6, 6.07) is 17.5. The first-order valence-corrected chi connectivity index (χ1v) is 13.3. The maximum atomic E-state index is 12.5. The van der Waals surface area contributed by atoms with E-state index in [4.69, 9.17) is 9.47 Å². The Bertz CT molecular complexity index is 1490. The van der Waals surface area contributed by atoms with Gasteiger partial charge in [-0.15, -0.1) is 0 Å². The van der Waals surface area contributed by atoms with Gasteiger partial charge in [0.2, 0.25) is 5.91 Å². The Kier molecular flexibility index (Phi) is 8.63. The van der Waals surface area contributed by atoms with Crippen molar-refractivity contribution in [2.45, 2.75) is 19.3 Å². The van der Waals surface area contributed by atoms with Gasteiger partial charge in [0.05, 0.1) is 17.8 Å². The van der Waals surface area contributed by atoms with Crippen LogP contribution in [0.1, 0.15) is 29.6 Å². The van der Waals surface area contributed by atoms with Crippen LogP contribution in [0.3, 0.4) is 0 Å². The quantitative estimate of drug-likeness (QED) is 0.188. The van der Waals surface area contributed by atoms with Crippen LogP contribution >= 0.6 is 0 Å². The molecule has 1 aliphatic rings. The number of anilines is 2. The minimum absolute atomic E-state index is 0.268. The first-order chi connectivity index (χ1) is 19.6. The fourth-order valence-electron chi connectivity index (χ4n) is 4.54. The molecule has 2 amide bonds. The number of rotatable bonds is 11.